The molecule has 5 heteroatoms. The number of carbonyl (C=O) groups excluding carboxylic acids is 1. The summed E-state index contributed by atoms with van der Waals surface area (Å²) in [6.07, 6.45) is 3.06. The molecule has 28 heavy (non-hydrogen) atoms. The number of carbonyl (C=O) groups is 1. The van der Waals surface area contributed by atoms with Crippen LogP contribution in [0.5, 0.6) is 5.75 Å². The Morgan fingerprint density at radius 1 is 1.14 bits per heavy atom. The lowest BCUT2D eigenvalue weighted by Gasteiger charge is -2.41. The zero-order valence-corrected chi connectivity index (χ0v) is 17.9. The first-order chi connectivity index (χ1) is 13.3. The van der Waals surface area contributed by atoms with Crippen LogP contribution in [0.3, 0.4) is 0 Å². The fourth-order valence-electron chi connectivity index (χ4n) is 4.23. The van der Waals surface area contributed by atoms with E-state index in [0.717, 1.165) is 31.7 Å². The van der Waals surface area contributed by atoms with Gasteiger partial charge in [-0.25, -0.2) is 0 Å². The van der Waals surface area contributed by atoms with Crippen molar-refractivity contribution in [1.29, 1.82) is 0 Å². The second-order valence-corrected chi connectivity index (χ2v) is 8.99. The molecule has 1 N–H and O–H groups in total. The Morgan fingerprint density at radius 3 is 2.36 bits per heavy atom. The first-order valence-electron chi connectivity index (χ1n) is 10.7. The smallest absolute Gasteiger partial charge is 0.225 e. The van der Waals surface area contributed by atoms with Gasteiger partial charge in [-0.3, -0.25) is 4.79 Å². The number of amides is 1. The minimum atomic E-state index is -0.851. The molecule has 2 fully saturated rings. The van der Waals surface area contributed by atoms with Crippen molar-refractivity contribution in [2.45, 2.75) is 65.0 Å². The maximum absolute atomic E-state index is 12.9. The molecule has 156 valence electrons. The summed E-state index contributed by atoms with van der Waals surface area (Å²) in [5.41, 5.74) is 1.57. The standard InChI is InChI=1S/C23H36N2O3/c1-17(2)24-11-7-20(8-12-24)22(26)25-13-9-23(27,10-14-25)16-28-21-6-5-18(3)19(4)15-21/h5-6,15,17,20,27H,7-14,16H2,1-4H3. The number of likely N-dealkylation sites (tertiary alicyclic amines) is 2. The van der Waals surface area contributed by atoms with Gasteiger partial charge in [0.1, 0.15) is 18.0 Å². The number of benzene rings is 1. The molecule has 2 aliphatic heterocycles. The van der Waals surface area contributed by atoms with E-state index in [2.05, 4.69) is 32.6 Å². The van der Waals surface area contributed by atoms with Crippen molar-refractivity contribution < 1.29 is 14.6 Å². The van der Waals surface area contributed by atoms with Crippen molar-refractivity contribution in [2.75, 3.05) is 32.8 Å². The van der Waals surface area contributed by atoms with Gasteiger partial charge in [0, 0.05) is 25.0 Å². The lowest BCUT2D eigenvalue weighted by atomic mass is 9.89. The Labute approximate surface area is 169 Å². The van der Waals surface area contributed by atoms with Gasteiger partial charge < -0.3 is 19.6 Å². The predicted molar refractivity (Wildman–Crippen MR) is 112 cm³/mol. The van der Waals surface area contributed by atoms with E-state index < -0.39 is 5.60 Å². The number of hydrogen-bond donors (Lipinski definition) is 1. The lowest BCUT2D eigenvalue weighted by Crippen LogP contribution is -2.52. The fourth-order valence-corrected chi connectivity index (χ4v) is 4.23. The number of aryl methyl sites for hydroxylation is 2. The fraction of sp³-hybridized carbons (Fsp3) is 0.696. The average molecular weight is 389 g/mol. The maximum Gasteiger partial charge on any atom is 0.225 e. The maximum atomic E-state index is 12.9. The topological polar surface area (TPSA) is 53.0 Å². The third-order valence-electron chi connectivity index (χ3n) is 6.60. The number of hydrogen-bond acceptors (Lipinski definition) is 4. The zero-order chi connectivity index (χ0) is 20.3. The highest BCUT2D eigenvalue weighted by Gasteiger charge is 2.37. The highest BCUT2D eigenvalue weighted by molar-refractivity contribution is 5.79. The Balaban J connectivity index is 1.46. The van der Waals surface area contributed by atoms with Gasteiger partial charge in [-0.2, -0.15) is 0 Å². The predicted octanol–water partition coefficient (Wildman–Crippen LogP) is 3.16. The first kappa shape index (κ1) is 21.1. The van der Waals surface area contributed by atoms with E-state index >= 15 is 0 Å². The van der Waals surface area contributed by atoms with Crippen LogP contribution < -0.4 is 4.74 Å². The number of aliphatic hydroxyl groups is 1. The van der Waals surface area contributed by atoms with Crippen LogP contribution in [-0.4, -0.2) is 65.2 Å². The summed E-state index contributed by atoms with van der Waals surface area (Å²) in [4.78, 5) is 17.3. The van der Waals surface area contributed by atoms with Crippen LogP contribution >= 0.6 is 0 Å². The third kappa shape index (κ3) is 5.06. The van der Waals surface area contributed by atoms with Crippen LogP contribution in [0.2, 0.25) is 0 Å². The molecule has 0 atom stereocenters. The van der Waals surface area contributed by atoms with E-state index in [1.165, 1.54) is 11.1 Å². The van der Waals surface area contributed by atoms with E-state index in [9.17, 15) is 9.90 Å². The largest absolute Gasteiger partial charge is 0.491 e. The van der Waals surface area contributed by atoms with Gasteiger partial charge >= 0.3 is 0 Å². The van der Waals surface area contributed by atoms with Gasteiger partial charge in [0.15, 0.2) is 0 Å². The van der Waals surface area contributed by atoms with Crippen LogP contribution in [0.15, 0.2) is 18.2 Å². The summed E-state index contributed by atoms with van der Waals surface area (Å²) in [5.74, 6) is 1.22. The van der Waals surface area contributed by atoms with Crippen molar-refractivity contribution in [2.24, 2.45) is 5.92 Å². The number of nitrogens with zero attached hydrogens (tertiary/aromatic N) is 2. The molecular formula is C23H36N2O3. The van der Waals surface area contributed by atoms with Crippen LogP contribution in [0.25, 0.3) is 0 Å². The molecule has 2 heterocycles. The summed E-state index contributed by atoms with van der Waals surface area (Å²) >= 11 is 0. The van der Waals surface area contributed by atoms with Crippen molar-refractivity contribution in [3.05, 3.63) is 29.3 Å². The monoisotopic (exact) mass is 388 g/mol. The Bertz CT molecular complexity index is 672. The Morgan fingerprint density at radius 2 is 1.79 bits per heavy atom. The van der Waals surface area contributed by atoms with Gasteiger partial charge in [-0.15, -0.1) is 0 Å². The molecule has 2 aliphatic rings. The van der Waals surface area contributed by atoms with Crippen LogP contribution in [0.1, 0.15) is 50.7 Å². The molecule has 0 aliphatic carbocycles. The second-order valence-electron chi connectivity index (χ2n) is 8.99. The lowest BCUT2D eigenvalue weighted by molar-refractivity contribution is -0.142. The van der Waals surface area contributed by atoms with Gasteiger partial charge in [0.25, 0.3) is 0 Å². The zero-order valence-electron chi connectivity index (χ0n) is 17.9. The Kier molecular flexibility index (Phi) is 6.66. The van der Waals surface area contributed by atoms with Crippen molar-refractivity contribution in [1.82, 2.24) is 9.80 Å². The minimum Gasteiger partial charge on any atom is -0.491 e. The van der Waals surface area contributed by atoms with Gasteiger partial charge in [-0.05, 0) is 89.7 Å². The van der Waals surface area contributed by atoms with E-state index in [-0.39, 0.29) is 18.4 Å². The molecular weight excluding hydrogens is 352 g/mol. The summed E-state index contributed by atoms with van der Waals surface area (Å²) in [5, 5.41) is 10.9. The molecule has 0 radical (unpaired) electrons. The van der Waals surface area contributed by atoms with Crippen LogP contribution in [0, 0.1) is 19.8 Å². The number of piperidine rings is 2. The minimum absolute atomic E-state index is 0.146. The molecule has 0 spiro atoms. The van der Waals surface area contributed by atoms with E-state index in [1.807, 2.05) is 23.1 Å². The van der Waals surface area contributed by atoms with Gasteiger partial charge in [0.2, 0.25) is 5.91 Å². The molecule has 0 unspecified atom stereocenters. The van der Waals surface area contributed by atoms with Crippen molar-refractivity contribution in [3.8, 4) is 5.75 Å². The first-order valence-corrected chi connectivity index (χ1v) is 10.7. The molecule has 0 bridgehead atoms. The molecule has 3 rings (SSSR count). The summed E-state index contributed by atoms with van der Waals surface area (Å²) in [6.45, 7) is 12.1. The van der Waals surface area contributed by atoms with Crippen LogP contribution in [-0.2, 0) is 4.79 Å². The number of rotatable bonds is 5. The molecule has 5 nitrogen and oxygen atoms in total. The molecule has 0 aromatic heterocycles. The van der Waals surface area contributed by atoms with Gasteiger partial charge in [0.05, 0.1) is 0 Å². The SMILES string of the molecule is Cc1ccc(OCC2(O)CCN(C(=O)C3CCN(C(C)C)CC3)CC2)cc1C. The summed E-state index contributed by atoms with van der Waals surface area (Å²) < 4.78 is 5.87. The van der Waals surface area contributed by atoms with E-state index in [0.29, 0.717) is 32.0 Å². The van der Waals surface area contributed by atoms with Crippen LogP contribution in [0.4, 0.5) is 0 Å². The molecule has 1 amide bonds. The van der Waals surface area contributed by atoms with Gasteiger partial charge in [-0.1, -0.05) is 6.07 Å². The van der Waals surface area contributed by atoms with Crippen molar-refractivity contribution in [3.63, 3.8) is 0 Å². The third-order valence-corrected chi connectivity index (χ3v) is 6.60. The van der Waals surface area contributed by atoms with E-state index in [1.54, 1.807) is 0 Å². The Hall–Kier alpha value is -1.59. The molecule has 1 aromatic carbocycles. The highest BCUT2D eigenvalue weighted by atomic mass is 16.5. The normalized spacial score (nSPS) is 21.1. The molecule has 1 aromatic rings. The second kappa shape index (κ2) is 8.83. The average Bonchev–Trinajstić information content (AvgIpc) is 2.69. The molecule has 2 saturated heterocycles. The van der Waals surface area contributed by atoms with Crippen molar-refractivity contribution >= 4 is 5.91 Å². The highest BCUT2D eigenvalue weighted by Crippen LogP contribution is 2.28. The molecule has 0 saturated carbocycles. The quantitative estimate of drug-likeness (QED) is 0.842. The van der Waals surface area contributed by atoms with E-state index in [4.69, 9.17) is 4.74 Å². The summed E-state index contributed by atoms with van der Waals surface area (Å²) in [7, 11) is 0. The number of ether oxygens (including phenoxy) is 1. The summed E-state index contributed by atoms with van der Waals surface area (Å²) in [6, 6.07) is 6.56.